The molecule has 0 fully saturated rings. The van der Waals surface area contributed by atoms with Gasteiger partial charge < -0.3 is 10.5 Å². The van der Waals surface area contributed by atoms with Crippen molar-refractivity contribution >= 4 is 5.82 Å². The van der Waals surface area contributed by atoms with Crippen LogP contribution in [0.3, 0.4) is 0 Å². The SMILES string of the molecule is COc1ccc(-c2ccc(C#N)c(N)n2)cc1F. The zero-order valence-corrected chi connectivity index (χ0v) is 9.64. The molecule has 0 aliphatic carbocycles. The maximum absolute atomic E-state index is 13.5. The molecule has 0 atom stereocenters. The van der Waals surface area contributed by atoms with Gasteiger partial charge in [0.05, 0.1) is 18.4 Å². The third kappa shape index (κ3) is 2.09. The van der Waals surface area contributed by atoms with Gasteiger partial charge in [0.25, 0.3) is 0 Å². The van der Waals surface area contributed by atoms with Crippen LogP contribution in [0.1, 0.15) is 5.56 Å². The zero-order valence-electron chi connectivity index (χ0n) is 9.64. The Morgan fingerprint density at radius 1 is 1.33 bits per heavy atom. The van der Waals surface area contributed by atoms with Crippen molar-refractivity contribution in [1.29, 1.82) is 5.26 Å². The van der Waals surface area contributed by atoms with Gasteiger partial charge in [0.1, 0.15) is 11.9 Å². The molecule has 0 saturated heterocycles. The standard InChI is InChI=1S/C13H10FN3O/c1-18-12-5-3-8(6-10(12)14)11-4-2-9(7-15)13(16)17-11/h2-6H,1H3,(H2,16,17). The molecular weight excluding hydrogens is 233 g/mol. The average molecular weight is 243 g/mol. The van der Waals surface area contributed by atoms with Crippen LogP contribution in [-0.2, 0) is 0 Å². The van der Waals surface area contributed by atoms with Crippen molar-refractivity contribution in [3.63, 3.8) is 0 Å². The Morgan fingerprint density at radius 2 is 2.11 bits per heavy atom. The first kappa shape index (κ1) is 11.9. The van der Waals surface area contributed by atoms with E-state index < -0.39 is 5.82 Å². The van der Waals surface area contributed by atoms with Gasteiger partial charge in [-0.3, -0.25) is 0 Å². The largest absolute Gasteiger partial charge is 0.494 e. The summed E-state index contributed by atoms with van der Waals surface area (Å²) in [6.45, 7) is 0. The van der Waals surface area contributed by atoms with Crippen molar-refractivity contribution in [3.8, 4) is 23.1 Å². The molecular formula is C13H10FN3O. The van der Waals surface area contributed by atoms with Gasteiger partial charge >= 0.3 is 0 Å². The van der Waals surface area contributed by atoms with E-state index in [1.807, 2.05) is 6.07 Å². The highest BCUT2D eigenvalue weighted by Gasteiger charge is 2.08. The van der Waals surface area contributed by atoms with Crippen LogP contribution in [0.15, 0.2) is 30.3 Å². The number of aromatic nitrogens is 1. The molecule has 2 aromatic rings. The smallest absolute Gasteiger partial charge is 0.165 e. The number of hydrogen-bond donors (Lipinski definition) is 1. The highest BCUT2D eigenvalue weighted by Crippen LogP contribution is 2.25. The Morgan fingerprint density at radius 3 is 2.67 bits per heavy atom. The second-order valence-electron chi connectivity index (χ2n) is 3.59. The van der Waals surface area contributed by atoms with E-state index >= 15 is 0 Å². The Labute approximate surface area is 103 Å². The topological polar surface area (TPSA) is 71.9 Å². The van der Waals surface area contributed by atoms with Crippen LogP contribution in [0, 0.1) is 17.1 Å². The molecule has 0 aliphatic rings. The number of nitrogens with zero attached hydrogens (tertiary/aromatic N) is 2. The number of benzene rings is 1. The molecule has 0 radical (unpaired) electrons. The van der Waals surface area contributed by atoms with E-state index in [0.29, 0.717) is 16.8 Å². The molecule has 2 N–H and O–H groups in total. The number of nitriles is 1. The number of nitrogens with two attached hydrogens (primary N) is 1. The normalized spacial score (nSPS) is 9.83. The van der Waals surface area contributed by atoms with Crippen molar-refractivity contribution in [2.75, 3.05) is 12.8 Å². The number of methoxy groups -OCH3 is 1. The van der Waals surface area contributed by atoms with E-state index in [-0.39, 0.29) is 11.6 Å². The number of nitrogen functional groups attached to an aromatic ring is 1. The zero-order chi connectivity index (χ0) is 13.1. The molecule has 90 valence electrons. The van der Waals surface area contributed by atoms with E-state index in [4.69, 9.17) is 15.7 Å². The van der Waals surface area contributed by atoms with E-state index in [2.05, 4.69) is 4.98 Å². The fourth-order valence-electron chi connectivity index (χ4n) is 1.56. The molecule has 0 spiro atoms. The summed E-state index contributed by atoms with van der Waals surface area (Å²) >= 11 is 0. The Bertz CT molecular complexity index is 635. The molecule has 5 heteroatoms. The molecule has 2 rings (SSSR count). The third-order valence-corrected chi connectivity index (χ3v) is 2.49. The molecule has 0 saturated carbocycles. The van der Waals surface area contributed by atoms with Crippen LogP contribution >= 0.6 is 0 Å². The summed E-state index contributed by atoms with van der Waals surface area (Å²) in [5.41, 5.74) is 6.99. The first-order valence-electron chi connectivity index (χ1n) is 5.16. The van der Waals surface area contributed by atoms with E-state index in [0.717, 1.165) is 0 Å². The van der Waals surface area contributed by atoms with E-state index in [1.54, 1.807) is 18.2 Å². The predicted octanol–water partition coefficient (Wildman–Crippen LogP) is 2.35. The van der Waals surface area contributed by atoms with Crippen LogP contribution in [-0.4, -0.2) is 12.1 Å². The number of hydrogen-bond acceptors (Lipinski definition) is 4. The van der Waals surface area contributed by atoms with Crippen molar-refractivity contribution < 1.29 is 9.13 Å². The van der Waals surface area contributed by atoms with Gasteiger partial charge in [0.2, 0.25) is 0 Å². The van der Waals surface area contributed by atoms with Crippen LogP contribution in [0.2, 0.25) is 0 Å². The Kier molecular flexibility index (Phi) is 3.11. The van der Waals surface area contributed by atoms with Crippen LogP contribution in [0.4, 0.5) is 10.2 Å². The van der Waals surface area contributed by atoms with Crippen LogP contribution in [0.25, 0.3) is 11.3 Å². The Balaban J connectivity index is 2.46. The van der Waals surface area contributed by atoms with Crippen LogP contribution in [0.5, 0.6) is 5.75 Å². The lowest BCUT2D eigenvalue weighted by atomic mass is 10.1. The lowest BCUT2D eigenvalue weighted by Crippen LogP contribution is -1.96. The summed E-state index contributed by atoms with van der Waals surface area (Å²) in [6.07, 6.45) is 0. The van der Waals surface area contributed by atoms with E-state index in [9.17, 15) is 4.39 Å². The minimum absolute atomic E-state index is 0.131. The lowest BCUT2D eigenvalue weighted by Gasteiger charge is -2.06. The van der Waals surface area contributed by atoms with Gasteiger partial charge in [0, 0.05) is 5.56 Å². The molecule has 0 unspecified atom stereocenters. The van der Waals surface area contributed by atoms with Gasteiger partial charge in [-0.05, 0) is 30.3 Å². The average Bonchev–Trinajstić information content (AvgIpc) is 2.38. The number of pyridine rings is 1. The van der Waals surface area contributed by atoms with Gasteiger partial charge in [-0.2, -0.15) is 5.26 Å². The lowest BCUT2D eigenvalue weighted by molar-refractivity contribution is 0.386. The predicted molar refractivity (Wildman–Crippen MR) is 65.3 cm³/mol. The van der Waals surface area contributed by atoms with Gasteiger partial charge in [-0.1, -0.05) is 0 Å². The quantitative estimate of drug-likeness (QED) is 0.878. The molecule has 0 bridgehead atoms. The second kappa shape index (κ2) is 4.72. The van der Waals surface area contributed by atoms with Crippen molar-refractivity contribution in [1.82, 2.24) is 4.98 Å². The number of halogens is 1. The maximum atomic E-state index is 13.5. The summed E-state index contributed by atoms with van der Waals surface area (Å²) in [6, 6.07) is 9.60. The van der Waals surface area contributed by atoms with Crippen LogP contribution < -0.4 is 10.5 Å². The maximum Gasteiger partial charge on any atom is 0.165 e. The van der Waals surface area contributed by atoms with Crippen molar-refractivity contribution in [3.05, 3.63) is 41.7 Å². The first-order chi connectivity index (χ1) is 8.65. The summed E-state index contributed by atoms with van der Waals surface area (Å²) in [5.74, 6) is -0.175. The third-order valence-electron chi connectivity index (χ3n) is 2.49. The second-order valence-corrected chi connectivity index (χ2v) is 3.59. The molecule has 4 nitrogen and oxygen atoms in total. The molecule has 1 aromatic heterocycles. The molecule has 1 heterocycles. The summed E-state index contributed by atoms with van der Waals surface area (Å²) in [4.78, 5) is 4.06. The fraction of sp³-hybridized carbons (Fsp3) is 0.0769. The summed E-state index contributed by atoms with van der Waals surface area (Å²) in [5, 5.41) is 8.75. The highest BCUT2D eigenvalue weighted by molar-refractivity contribution is 5.64. The summed E-state index contributed by atoms with van der Waals surface area (Å²) in [7, 11) is 1.40. The number of anilines is 1. The van der Waals surface area contributed by atoms with Gasteiger partial charge in [-0.25, -0.2) is 9.37 Å². The number of rotatable bonds is 2. The van der Waals surface area contributed by atoms with Crippen molar-refractivity contribution in [2.24, 2.45) is 0 Å². The molecule has 0 amide bonds. The summed E-state index contributed by atoms with van der Waals surface area (Å²) < 4.78 is 18.4. The highest BCUT2D eigenvalue weighted by atomic mass is 19.1. The van der Waals surface area contributed by atoms with Gasteiger partial charge in [0.15, 0.2) is 11.6 Å². The first-order valence-corrected chi connectivity index (χ1v) is 5.16. The molecule has 18 heavy (non-hydrogen) atoms. The minimum atomic E-state index is -0.472. The molecule has 0 aliphatic heterocycles. The number of ether oxygens (including phenoxy) is 1. The Hall–Kier alpha value is -2.61. The van der Waals surface area contributed by atoms with Gasteiger partial charge in [-0.15, -0.1) is 0 Å². The fourth-order valence-corrected chi connectivity index (χ4v) is 1.56. The monoisotopic (exact) mass is 243 g/mol. The molecule has 1 aromatic carbocycles. The minimum Gasteiger partial charge on any atom is -0.494 e. The van der Waals surface area contributed by atoms with Crippen molar-refractivity contribution in [2.45, 2.75) is 0 Å². The van der Waals surface area contributed by atoms with E-state index in [1.165, 1.54) is 19.2 Å².